The van der Waals surface area contributed by atoms with Gasteiger partial charge in [0.05, 0.1) is 16.0 Å². The van der Waals surface area contributed by atoms with Crippen LogP contribution in [0.1, 0.15) is 75.2 Å². The lowest BCUT2D eigenvalue weighted by Gasteiger charge is -2.43. The first-order chi connectivity index (χ1) is 25.1. The molecule has 1 amide bonds. The molecule has 0 spiro atoms. The maximum atomic E-state index is 13.8. The highest BCUT2D eigenvalue weighted by Gasteiger charge is 2.32. The van der Waals surface area contributed by atoms with Crippen LogP contribution in [0.2, 0.25) is 5.02 Å². The fraction of sp³-hybridized carbons (Fsp3) is 0.500. The molecule has 0 saturated carbocycles. The van der Waals surface area contributed by atoms with Crippen molar-refractivity contribution in [2.24, 2.45) is 5.92 Å². The van der Waals surface area contributed by atoms with Crippen molar-refractivity contribution in [3.05, 3.63) is 77.2 Å². The molecule has 0 aliphatic carbocycles. The van der Waals surface area contributed by atoms with Gasteiger partial charge >= 0.3 is 6.09 Å². The van der Waals surface area contributed by atoms with Gasteiger partial charge in [-0.2, -0.15) is 0 Å². The number of likely N-dealkylation sites (tertiary alicyclic amines) is 3. The van der Waals surface area contributed by atoms with Crippen molar-refractivity contribution in [2.75, 3.05) is 51.1 Å². The number of piperidine rings is 3. The van der Waals surface area contributed by atoms with Crippen molar-refractivity contribution in [3.8, 4) is 11.5 Å². The fourth-order valence-electron chi connectivity index (χ4n) is 7.82. The van der Waals surface area contributed by atoms with Crippen LogP contribution < -0.4 is 10.1 Å². The SMILES string of the molecule is CC(C)(C)OC(=O)N1CCC(CN2CCC(N3CCC(Nc4ncnc5[nH]cc(C(=O)c6ccc(Oc7ccccc7)cc6Cl)c45)CC3)CC2)CC1. The summed E-state index contributed by atoms with van der Waals surface area (Å²) in [5, 5.41) is 4.66. The van der Waals surface area contributed by atoms with Gasteiger partial charge in [-0.15, -0.1) is 0 Å². The molecule has 4 aromatic rings. The predicted octanol–water partition coefficient (Wildman–Crippen LogP) is 7.62. The number of aromatic nitrogens is 3. The summed E-state index contributed by atoms with van der Waals surface area (Å²) in [4.78, 5) is 45.6. The topological polar surface area (TPSA) is 116 Å². The number of hydrogen-bond acceptors (Lipinski definition) is 9. The van der Waals surface area contributed by atoms with Gasteiger partial charge in [-0.25, -0.2) is 14.8 Å². The third kappa shape index (κ3) is 8.70. The number of benzene rings is 2. The van der Waals surface area contributed by atoms with Crippen LogP contribution in [-0.2, 0) is 4.74 Å². The number of hydrogen-bond donors (Lipinski definition) is 2. The zero-order valence-corrected chi connectivity index (χ0v) is 31.2. The quantitative estimate of drug-likeness (QED) is 0.168. The van der Waals surface area contributed by atoms with E-state index in [9.17, 15) is 9.59 Å². The summed E-state index contributed by atoms with van der Waals surface area (Å²) in [6.07, 6.45) is 9.53. The molecule has 0 bridgehead atoms. The molecule has 3 saturated heterocycles. The van der Waals surface area contributed by atoms with Gasteiger partial charge in [0.25, 0.3) is 0 Å². The van der Waals surface area contributed by atoms with Crippen molar-refractivity contribution < 1.29 is 19.1 Å². The molecule has 52 heavy (non-hydrogen) atoms. The lowest BCUT2D eigenvalue weighted by Crippen LogP contribution is -2.50. The Balaban J connectivity index is 0.894. The third-order valence-electron chi connectivity index (χ3n) is 10.6. The molecular weight excluding hydrogens is 678 g/mol. The number of halogens is 1. The van der Waals surface area contributed by atoms with E-state index < -0.39 is 5.60 Å². The lowest BCUT2D eigenvalue weighted by molar-refractivity contribution is 0.0157. The molecule has 2 aromatic carbocycles. The number of anilines is 1. The lowest BCUT2D eigenvalue weighted by atomic mass is 9.94. The largest absolute Gasteiger partial charge is 0.457 e. The van der Waals surface area contributed by atoms with Gasteiger partial charge in [0, 0.05) is 62.6 Å². The molecule has 2 N–H and O–H groups in total. The standard InChI is InChI=1S/C40H50ClN7O4/c1-40(2,3)52-39(50)48-19-11-27(12-20-48)25-46-17-15-29(16-18-46)47-21-13-28(14-22-47)45-38-35-33(24-42-37(35)43-26-44-38)36(49)32-10-9-31(23-34(32)41)51-30-7-5-4-6-8-30/h4-10,23-24,26-29H,11-22,25H2,1-3H3,(H2,42,43,44,45). The maximum Gasteiger partial charge on any atom is 0.410 e. The highest BCUT2D eigenvalue weighted by molar-refractivity contribution is 6.35. The molecule has 276 valence electrons. The van der Waals surface area contributed by atoms with Crippen molar-refractivity contribution in [3.63, 3.8) is 0 Å². The summed E-state index contributed by atoms with van der Waals surface area (Å²) in [6, 6.07) is 15.4. The predicted molar refractivity (Wildman–Crippen MR) is 203 cm³/mol. The van der Waals surface area contributed by atoms with E-state index in [-0.39, 0.29) is 17.9 Å². The Bertz CT molecular complexity index is 1840. The Kier molecular flexibility index (Phi) is 11.0. The average molecular weight is 728 g/mol. The molecule has 3 aliphatic heterocycles. The molecular formula is C40H50ClN7O4. The van der Waals surface area contributed by atoms with Gasteiger partial charge in [-0.3, -0.25) is 4.79 Å². The fourth-order valence-corrected chi connectivity index (χ4v) is 8.08. The van der Waals surface area contributed by atoms with E-state index in [0.717, 1.165) is 71.5 Å². The van der Waals surface area contributed by atoms with Crippen LogP contribution in [0.4, 0.5) is 10.6 Å². The minimum absolute atomic E-state index is 0.182. The number of ether oxygens (including phenoxy) is 2. The van der Waals surface area contributed by atoms with E-state index in [2.05, 4.69) is 30.1 Å². The Morgan fingerprint density at radius 3 is 2.31 bits per heavy atom. The number of nitrogens with zero attached hydrogens (tertiary/aromatic N) is 5. The number of fused-ring (bicyclic) bond motifs is 1. The van der Waals surface area contributed by atoms with Crippen molar-refractivity contribution in [1.29, 1.82) is 0 Å². The van der Waals surface area contributed by atoms with Gasteiger partial charge in [0.1, 0.15) is 34.9 Å². The first-order valence-corrected chi connectivity index (χ1v) is 19.1. The number of nitrogens with one attached hydrogen (secondary N) is 2. The molecule has 3 fully saturated rings. The second-order valence-corrected chi connectivity index (χ2v) is 15.8. The van der Waals surface area contributed by atoms with Gasteiger partial charge < -0.3 is 34.5 Å². The molecule has 5 heterocycles. The molecule has 2 aromatic heterocycles. The van der Waals surface area contributed by atoms with Crippen LogP contribution in [-0.4, -0.2) is 105 Å². The monoisotopic (exact) mass is 727 g/mol. The number of H-pyrrole nitrogens is 1. The van der Waals surface area contributed by atoms with Gasteiger partial charge in [0.15, 0.2) is 5.78 Å². The number of para-hydroxylation sites is 1. The molecule has 11 nitrogen and oxygen atoms in total. The Morgan fingerprint density at radius 2 is 1.62 bits per heavy atom. The molecule has 12 heteroatoms. The first-order valence-electron chi connectivity index (χ1n) is 18.7. The van der Waals surface area contributed by atoms with Gasteiger partial charge in [-0.05, 0) is 103 Å². The molecule has 0 atom stereocenters. The van der Waals surface area contributed by atoms with E-state index in [4.69, 9.17) is 21.1 Å². The minimum Gasteiger partial charge on any atom is -0.457 e. The summed E-state index contributed by atoms with van der Waals surface area (Å²) in [5.41, 5.74) is 1.03. The highest BCUT2D eigenvalue weighted by Crippen LogP contribution is 2.33. The molecule has 0 radical (unpaired) electrons. The van der Waals surface area contributed by atoms with Gasteiger partial charge in [-0.1, -0.05) is 29.8 Å². The van der Waals surface area contributed by atoms with Crippen LogP contribution in [0.15, 0.2) is 61.1 Å². The van der Waals surface area contributed by atoms with E-state index in [1.165, 1.54) is 19.2 Å². The van der Waals surface area contributed by atoms with E-state index in [0.29, 0.717) is 56.5 Å². The van der Waals surface area contributed by atoms with Crippen LogP contribution in [0, 0.1) is 5.92 Å². The zero-order chi connectivity index (χ0) is 36.2. The zero-order valence-electron chi connectivity index (χ0n) is 30.4. The van der Waals surface area contributed by atoms with E-state index in [1.807, 2.05) is 56.0 Å². The number of ketones is 1. The Hall–Kier alpha value is -4.19. The van der Waals surface area contributed by atoms with Crippen molar-refractivity contribution in [1.82, 2.24) is 29.7 Å². The number of aromatic amines is 1. The summed E-state index contributed by atoms with van der Waals surface area (Å²) >= 11 is 6.63. The van der Waals surface area contributed by atoms with Crippen LogP contribution in [0.3, 0.4) is 0 Å². The number of amides is 1. The van der Waals surface area contributed by atoms with Crippen molar-refractivity contribution >= 4 is 40.3 Å². The Morgan fingerprint density at radius 1 is 0.885 bits per heavy atom. The van der Waals surface area contributed by atoms with Crippen LogP contribution in [0.5, 0.6) is 11.5 Å². The smallest absolute Gasteiger partial charge is 0.410 e. The van der Waals surface area contributed by atoms with E-state index in [1.54, 1.807) is 24.4 Å². The summed E-state index contributed by atoms with van der Waals surface area (Å²) in [7, 11) is 0. The second-order valence-electron chi connectivity index (χ2n) is 15.4. The first kappa shape index (κ1) is 36.2. The highest BCUT2D eigenvalue weighted by atomic mass is 35.5. The minimum atomic E-state index is -0.452. The van der Waals surface area contributed by atoms with Gasteiger partial charge in [0.2, 0.25) is 0 Å². The summed E-state index contributed by atoms with van der Waals surface area (Å²) in [5.74, 6) is 2.35. The van der Waals surface area contributed by atoms with Crippen molar-refractivity contribution in [2.45, 2.75) is 77.0 Å². The summed E-state index contributed by atoms with van der Waals surface area (Å²) in [6.45, 7) is 12.8. The summed E-state index contributed by atoms with van der Waals surface area (Å²) < 4.78 is 11.5. The van der Waals surface area contributed by atoms with Crippen LogP contribution in [0.25, 0.3) is 11.0 Å². The third-order valence-corrected chi connectivity index (χ3v) is 10.9. The van der Waals surface area contributed by atoms with Crippen LogP contribution >= 0.6 is 11.6 Å². The number of carbonyl (C=O) groups excluding carboxylic acids is 2. The average Bonchev–Trinajstić information content (AvgIpc) is 3.58. The maximum absolute atomic E-state index is 13.8. The molecule has 7 rings (SSSR count). The normalized spacial score (nSPS) is 18.8. The second kappa shape index (κ2) is 15.8. The van der Waals surface area contributed by atoms with E-state index >= 15 is 0 Å². The molecule has 0 unspecified atom stereocenters. The number of carbonyl (C=O) groups is 2. The number of rotatable bonds is 9. The molecule has 3 aliphatic rings. The Labute approximate surface area is 311 Å².